The number of phenols is 1. The number of phenolic OH excluding ortho intramolecular Hbond substituents is 1. The van der Waals surface area contributed by atoms with Gasteiger partial charge in [-0.3, -0.25) is 14.2 Å². The van der Waals surface area contributed by atoms with Gasteiger partial charge in [0.1, 0.15) is 10.9 Å². The van der Waals surface area contributed by atoms with Crippen LogP contribution >= 0.6 is 11.3 Å². The van der Waals surface area contributed by atoms with Crippen LogP contribution in [0.1, 0.15) is 42.3 Å². The van der Waals surface area contributed by atoms with E-state index in [2.05, 4.69) is 22.4 Å². The van der Waals surface area contributed by atoms with Crippen LogP contribution in [-0.4, -0.2) is 33.9 Å². The molecule has 0 fully saturated rings. The summed E-state index contributed by atoms with van der Waals surface area (Å²) in [5.74, 6) is 0.509. The number of nitrogens with one attached hydrogen (secondary N) is 1. The number of rotatable bonds is 5. The first-order valence-corrected chi connectivity index (χ1v) is 10.9. The number of aryl methyl sites for hydroxylation is 1. The summed E-state index contributed by atoms with van der Waals surface area (Å²) in [5.41, 5.74) is 4.01. The molecular formula is C22H24N4O4S. The molecule has 1 amide bonds. The summed E-state index contributed by atoms with van der Waals surface area (Å²) in [6.45, 7) is 3.87. The van der Waals surface area contributed by atoms with E-state index < -0.39 is 11.9 Å². The number of aromatic nitrogens is 2. The minimum absolute atomic E-state index is 0.0182. The molecule has 0 saturated carbocycles. The zero-order valence-electron chi connectivity index (χ0n) is 17.6. The van der Waals surface area contributed by atoms with Gasteiger partial charge in [0.2, 0.25) is 0 Å². The van der Waals surface area contributed by atoms with E-state index in [-0.39, 0.29) is 11.3 Å². The molecule has 9 heteroatoms. The van der Waals surface area contributed by atoms with Crippen molar-refractivity contribution >= 4 is 33.7 Å². The molecule has 162 valence electrons. The Kier molecular flexibility index (Phi) is 5.77. The van der Waals surface area contributed by atoms with Crippen LogP contribution in [0.2, 0.25) is 0 Å². The third-order valence-electron chi connectivity index (χ3n) is 5.63. The molecule has 0 spiro atoms. The number of fused-ring (bicyclic) bond motifs is 3. The highest BCUT2D eigenvalue weighted by atomic mass is 32.1. The van der Waals surface area contributed by atoms with Crippen molar-refractivity contribution in [1.82, 2.24) is 15.0 Å². The average Bonchev–Trinajstić information content (AvgIpc) is 3.12. The fraction of sp³-hybridized carbons (Fsp3) is 0.364. The van der Waals surface area contributed by atoms with Gasteiger partial charge in [0, 0.05) is 4.88 Å². The maximum atomic E-state index is 13.2. The Morgan fingerprint density at radius 2 is 2.29 bits per heavy atom. The normalized spacial score (nSPS) is 16.9. The van der Waals surface area contributed by atoms with Gasteiger partial charge in [-0.25, -0.2) is 10.4 Å². The van der Waals surface area contributed by atoms with Crippen LogP contribution in [-0.2, 0) is 17.6 Å². The Hall–Kier alpha value is -3.20. The second-order valence-corrected chi connectivity index (χ2v) is 8.91. The molecule has 1 aliphatic carbocycles. The SMILES string of the molecule is COc1cc(C=NNC(=O)C(C)n2cnc3sc4c(c3c2=O)CCC(C)C4)ccc1O. The fourth-order valence-electron chi connectivity index (χ4n) is 3.78. The molecule has 1 aromatic carbocycles. The Morgan fingerprint density at radius 1 is 1.48 bits per heavy atom. The first kappa shape index (κ1) is 21.0. The predicted molar refractivity (Wildman–Crippen MR) is 120 cm³/mol. The minimum Gasteiger partial charge on any atom is -0.504 e. The van der Waals surface area contributed by atoms with Crippen molar-refractivity contribution in [2.24, 2.45) is 11.0 Å². The van der Waals surface area contributed by atoms with Crippen molar-refractivity contribution in [3.8, 4) is 11.5 Å². The van der Waals surface area contributed by atoms with E-state index in [1.807, 2.05) is 0 Å². The minimum atomic E-state index is -0.769. The zero-order chi connectivity index (χ0) is 22.1. The largest absolute Gasteiger partial charge is 0.504 e. The maximum absolute atomic E-state index is 13.2. The molecule has 2 unspecified atom stereocenters. The van der Waals surface area contributed by atoms with Crippen LogP contribution in [0.4, 0.5) is 0 Å². The zero-order valence-corrected chi connectivity index (χ0v) is 18.4. The number of aromatic hydroxyl groups is 1. The van der Waals surface area contributed by atoms with Crippen LogP contribution in [0.15, 0.2) is 34.4 Å². The average molecular weight is 441 g/mol. The molecule has 1 aliphatic rings. The standard InChI is InChI=1S/C22H24N4O4S/c1-12-4-6-15-18(8-12)31-21-19(15)22(29)26(11-23-21)13(2)20(28)25-24-10-14-5-7-16(27)17(9-14)30-3/h5,7,9-13,27H,4,6,8H2,1-3H3,(H,25,28). The number of thiophene rings is 1. The Balaban J connectivity index is 1.54. The van der Waals surface area contributed by atoms with Gasteiger partial charge >= 0.3 is 0 Å². The predicted octanol–water partition coefficient (Wildman–Crippen LogP) is 3.01. The molecule has 0 aliphatic heterocycles. The quantitative estimate of drug-likeness (QED) is 0.469. The molecule has 31 heavy (non-hydrogen) atoms. The van der Waals surface area contributed by atoms with E-state index in [1.54, 1.807) is 30.4 Å². The molecule has 2 atom stereocenters. The molecule has 3 aromatic rings. The number of hydrazone groups is 1. The molecule has 0 radical (unpaired) electrons. The number of hydrogen-bond donors (Lipinski definition) is 2. The van der Waals surface area contributed by atoms with E-state index in [0.717, 1.165) is 29.7 Å². The van der Waals surface area contributed by atoms with Gasteiger partial charge in [-0.05, 0) is 61.4 Å². The van der Waals surface area contributed by atoms with Gasteiger partial charge in [0.25, 0.3) is 11.5 Å². The van der Waals surface area contributed by atoms with Gasteiger partial charge in [-0.2, -0.15) is 5.10 Å². The van der Waals surface area contributed by atoms with Crippen LogP contribution in [0.25, 0.3) is 10.2 Å². The Labute approximate surface area is 183 Å². The summed E-state index contributed by atoms with van der Waals surface area (Å²) < 4.78 is 6.42. The lowest BCUT2D eigenvalue weighted by molar-refractivity contribution is -0.123. The highest BCUT2D eigenvalue weighted by Gasteiger charge is 2.25. The van der Waals surface area contributed by atoms with Crippen molar-refractivity contribution in [1.29, 1.82) is 0 Å². The van der Waals surface area contributed by atoms with Crippen molar-refractivity contribution < 1.29 is 14.6 Å². The van der Waals surface area contributed by atoms with Crippen molar-refractivity contribution in [2.45, 2.75) is 39.2 Å². The van der Waals surface area contributed by atoms with Crippen molar-refractivity contribution in [3.63, 3.8) is 0 Å². The number of benzene rings is 1. The number of ether oxygens (including phenoxy) is 1. The van der Waals surface area contributed by atoms with E-state index >= 15 is 0 Å². The first-order valence-electron chi connectivity index (χ1n) is 10.1. The molecule has 8 nitrogen and oxygen atoms in total. The highest BCUT2D eigenvalue weighted by molar-refractivity contribution is 7.18. The number of carbonyl (C=O) groups is 1. The lowest BCUT2D eigenvalue weighted by atomic mass is 9.89. The smallest absolute Gasteiger partial charge is 0.263 e. The number of nitrogens with zero attached hydrogens (tertiary/aromatic N) is 3. The molecule has 2 aromatic heterocycles. The molecule has 4 rings (SSSR count). The summed E-state index contributed by atoms with van der Waals surface area (Å²) in [5, 5.41) is 14.2. The summed E-state index contributed by atoms with van der Waals surface area (Å²) in [4.78, 5) is 32.2. The van der Waals surface area contributed by atoms with Crippen LogP contribution in [0.3, 0.4) is 0 Å². The van der Waals surface area contributed by atoms with Crippen LogP contribution < -0.4 is 15.7 Å². The van der Waals surface area contributed by atoms with Crippen LogP contribution in [0.5, 0.6) is 11.5 Å². The summed E-state index contributed by atoms with van der Waals surface area (Å²) >= 11 is 1.59. The Bertz CT molecular complexity index is 1230. The van der Waals surface area contributed by atoms with E-state index in [0.29, 0.717) is 22.6 Å². The maximum Gasteiger partial charge on any atom is 0.263 e. The number of amides is 1. The molecule has 0 bridgehead atoms. The van der Waals surface area contributed by atoms with E-state index in [4.69, 9.17) is 4.74 Å². The van der Waals surface area contributed by atoms with E-state index in [1.165, 1.54) is 35.2 Å². The first-order chi connectivity index (χ1) is 14.9. The number of hydrogen-bond acceptors (Lipinski definition) is 7. The molecule has 2 N–H and O–H groups in total. The van der Waals surface area contributed by atoms with Crippen molar-refractivity contribution in [3.05, 3.63) is 50.9 Å². The van der Waals surface area contributed by atoms with Crippen LogP contribution in [0, 0.1) is 5.92 Å². The summed E-state index contributed by atoms with van der Waals surface area (Å²) in [6, 6.07) is 3.94. The molecule has 2 heterocycles. The summed E-state index contributed by atoms with van der Waals surface area (Å²) in [7, 11) is 1.45. The van der Waals surface area contributed by atoms with Gasteiger partial charge in [0.15, 0.2) is 11.5 Å². The Morgan fingerprint density at radius 3 is 3.06 bits per heavy atom. The molecular weight excluding hydrogens is 416 g/mol. The van der Waals surface area contributed by atoms with Gasteiger partial charge in [-0.15, -0.1) is 11.3 Å². The second kappa shape index (κ2) is 8.50. The molecule has 0 saturated heterocycles. The lowest BCUT2D eigenvalue weighted by Crippen LogP contribution is -2.34. The van der Waals surface area contributed by atoms with E-state index in [9.17, 15) is 14.7 Å². The fourth-order valence-corrected chi connectivity index (χ4v) is 5.13. The monoisotopic (exact) mass is 440 g/mol. The van der Waals surface area contributed by atoms with Gasteiger partial charge in [-0.1, -0.05) is 6.92 Å². The second-order valence-electron chi connectivity index (χ2n) is 7.83. The third kappa shape index (κ3) is 4.05. The third-order valence-corrected chi connectivity index (χ3v) is 6.79. The summed E-state index contributed by atoms with van der Waals surface area (Å²) in [6.07, 6.45) is 5.78. The lowest BCUT2D eigenvalue weighted by Gasteiger charge is -2.18. The number of carbonyl (C=O) groups excluding carboxylic acids is 1. The highest BCUT2D eigenvalue weighted by Crippen LogP contribution is 2.35. The topological polar surface area (TPSA) is 106 Å². The van der Waals surface area contributed by atoms with Gasteiger partial charge < -0.3 is 9.84 Å². The van der Waals surface area contributed by atoms with Crippen molar-refractivity contribution in [2.75, 3.05) is 7.11 Å². The van der Waals surface area contributed by atoms with Gasteiger partial charge in [0.05, 0.1) is 25.0 Å². The number of methoxy groups -OCH3 is 1.